The summed E-state index contributed by atoms with van der Waals surface area (Å²) in [5.41, 5.74) is -0.616. The van der Waals surface area contributed by atoms with Crippen LogP contribution in [0.4, 0.5) is 4.79 Å². The van der Waals surface area contributed by atoms with E-state index >= 15 is 0 Å². The molecule has 0 heterocycles. The molecule has 118 valence electrons. The number of carbonyl (C=O) groups excluding carboxylic acids is 1. The molecule has 20 heavy (non-hydrogen) atoms. The van der Waals surface area contributed by atoms with Gasteiger partial charge in [-0.3, -0.25) is 4.90 Å². The second kappa shape index (κ2) is 8.82. The lowest BCUT2D eigenvalue weighted by Crippen LogP contribution is -2.44. The zero-order valence-corrected chi connectivity index (χ0v) is 13.4. The molecule has 0 aromatic carbocycles. The molecule has 5 heteroatoms. The van der Waals surface area contributed by atoms with Crippen molar-refractivity contribution in [2.45, 2.75) is 77.9 Å². The van der Waals surface area contributed by atoms with Gasteiger partial charge in [0.25, 0.3) is 0 Å². The van der Waals surface area contributed by atoms with Gasteiger partial charge < -0.3 is 9.84 Å². The zero-order chi connectivity index (χ0) is 15.8. The lowest BCUT2D eigenvalue weighted by Gasteiger charge is -2.28. The topological polar surface area (TPSA) is 66.8 Å². The van der Waals surface area contributed by atoms with E-state index in [4.69, 9.17) is 4.74 Å². The summed E-state index contributed by atoms with van der Waals surface area (Å²) in [7, 11) is 1.49. The van der Waals surface area contributed by atoms with Crippen LogP contribution in [0, 0.1) is 0 Å². The average Bonchev–Trinajstić information content (AvgIpc) is 2.30. The molecule has 0 aromatic rings. The lowest BCUT2D eigenvalue weighted by atomic mass is 10.1. The summed E-state index contributed by atoms with van der Waals surface area (Å²) >= 11 is 0. The van der Waals surface area contributed by atoms with Crippen LogP contribution in [-0.4, -0.2) is 40.8 Å². The van der Waals surface area contributed by atoms with Crippen molar-refractivity contribution >= 4 is 12.1 Å². The fourth-order valence-corrected chi connectivity index (χ4v) is 1.89. The van der Waals surface area contributed by atoms with Gasteiger partial charge in [-0.1, -0.05) is 39.0 Å². The third-order valence-electron chi connectivity index (χ3n) is 3.02. The summed E-state index contributed by atoms with van der Waals surface area (Å²) in [6.07, 6.45) is 5.12. The molecule has 0 spiro atoms. The van der Waals surface area contributed by atoms with Crippen LogP contribution in [0.2, 0.25) is 0 Å². The molecule has 1 atom stereocenters. The SMILES string of the molecule is CCCCCCCC(C(=O)O)N(C)C(=O)OC(C)(C)C. The molecule has 1 unspecified atom stereocenters. The number of hydrogen-bond acceptors (Lipinski definition) is 3. The number of rotatable bonds is 8. The number of aliphatic carboxylic acids is 1. The molecule has 0 radical (unpaired) electrons. The number of unbranched alkanes of at least 4 members (excludes halogenated alkanes) is 4. The summed E-state index contributed by atoms with van der Waals surface area (Å²) in [4.78, 5) is 24.3. The molecule has 0 saturated heterocycles. The summed E-state index contributed by atoms with van der Waals surface area (Å²) in [6.45, 7) is 7.42. The molecule has 0 aromatic heterocycles. The summed E-state index contributed by atoms with van der Waals surface area (Å²) < 4.78 is 5.20. The van der Waals surface area contributed by atoms with Crippen molar-refractivity contribution < 1.29 is 19.4 Å². The predicted octanol–water partition coefficient (Wildman–Crippen LogP) is 3.67. The molecule has 0 aliphatic carbocycles. The first-order chi connectivity index (χ1) is 9.19. The van der Waals surface area contributed by atoms with Gasteiger partial charge in [-0.25, -0.2) is 9.59 Å². The Kier molecular flexibility index (Phi) is 8.26. The number of carboxylic acid groups (broad SMARTS) is 1. The highest BCUT2D eigenvalue weighted by Gasteiger charge is 2.29. The normalized spacial score (nSPS) is 12.8. The van der Waals surface area contributed by atoms with E-state index in [1.807, 2.05) is 0 Å². The van der Waals surface area contributed by atoms with Crippen molar-refractivity contribution in [1.82, 2.24) is 4.90 Å². The molecule has 0 bridgehead atoms. The molecular weight excluding hydrogens is 258 g/mol. The number of carboxylic acids is 1. The highest BCUT2D eigenvalue weighted by Crippen LogP contribution is 2.15. The molecule has 0 fully saturated rings. The standard InChI is InChI=1S/C15H29NO4/c1-6-7-8-9-10-11-12(13(17)18)16(5)14(19)20-15(2,3)4/h12H,6-11H2,1-5H3,(H,17,18). The number of likely N-dealkylation sites (N-methyl/N-ethyl adjacent to an activating group) is 1. The first kappa shape index (κ1) is 18.7. The Morgan fingerprint density at radius 2 is 1.70 bits per heavy atom. The predicted molar refractivity (Wildman–Crippen MR) is 78.8 cm³/mol. The molecule has 1 N–H and O–H groups in total. The van der Waals surface area contributed by atoms with Gasteiger partial charge in [0.2, 0.25) is 0 Å². The number of hydrogen-bond donors (Lipinski definition) is 1. The molecule has 1 amide bonds. The quantitative estimate of drug-likeness (QED) is 0.692. The van der Waals surface area contributed by atoms with E-state index in [9.17, 15) is 14.7 Å². The third kappa shape index (κ3) is 8.02. The Labute approximate surface area is 122 Å². The monoisotopic (exact) mass is 287 g/mol. The van der Waals surface area contributed by atoms with E-state index in [0.717, 1.165) is 25.7 Å². The number of nitrogens with zero attached hydrogens (tertiary/aromatic N) is 1. The first-order valence-electron chi connectivity index (χ1n) is 7.37. The van der Waals surface area contributed by atoms with Crippen LogP contribution >= 0.6 is 0 Å². The van der Waals surface area contributed by atoms with Gasteiger partial charge >= 0.3 is 12.1 Å². The van der Waals surface area contributed by atoms with Crippen molar-refractivity contribution in [2.75, 3.05) is 7.05 Å². The van der Waals surface area contributed by atoms with Crippen LogP contribution in [0.1, 0.15) is 66.2 Å². The van der Waals surface area contributed by atoms with Crippen molar-refractivity contribution in [2.24, 2.45) is 0 Å². The Bertz CT molecular complexity index is 309. The minimum absolute atomic E-state index is 0.467. The van der Waals surface area contributed by atoms with E-state index in [0.29, 0.717) is 6.42 Å². The van der Waals surface area contributed by atoms with Gasteiger partial charge in [0.1, 0.15) is 11.6 Å². The molecule has 0 saturated carbocycles. The number of ether oxygens (including phenoxy) is 1. The second-order valence-electron chi connectivity index (χ2n) is 6.15. The fourth-order valence-electron chi connectivity index (χ4n) is 1.89. The number of carbonyl (C=O) groups is 2. The van der Waals surface area contributed by atoms with Crippen LogP contribution < -0.4 is 0 Å². The van der Waals surface area contributed by atoms with Crippen molar-refractivity contribution in [3.05, 3.63) is 0 Å². The maximum absolute atomic E-state index is 11.9. The van der Waals surface area contributed by atoms with Crippen LogP contribution in [0.15, 0.2) is 0 Å². The van der Waals surface area contributed by atoms with E-state index < -0.39 is 23.7 Å². The Balaban J connectivity index is 4.36. The highest BCUT2D eigenvalue weighted by molar-refractivity contribution is 5.79. The van der Waals surface area contributed by atoms with Gasteiger partial charge in [-0.05, 0) is 27.2 Å². The molecular formula is C15H29NO4. The van der Waals surface area contributed by atoms with E-state index in [1.165, 1.54) is 18.4 Å². The van der Waals surface area contributed by atoms with Gasteiger partial charge in [0.15, 0.2) is 0 Å². The maximum Gasteiger partial charge on any atom is 0.410 e. The third-order valence-corrected chi connectivity index (χ3v) is 3.02. The summed E-state index contributed by atoms with van der Waals surface area (Å²) in [5.74, 6) is -0.978. The van der Waals surface area contributed by atoms with E-state index in [1.54, 1.807) is 20.8 Å². The molecule has 5 nitrogen and oxygen atoms in total. The van der Waals surface area contributed by atoms with E-state index in [2.05, 4.69) is 6.92 Å². The Morgan fingerprint density at radius 1 is 1.15 bits per heavy atom. The van der Waals surface area contributed by atoms with Crippen molar-refractivity contribution in [3.8, 4) is 0 Å². The highest BCUT2D eigenvalue weighted by atomic mass is 16.6. The first-order valence-corrected chi connectivity index (χ1v) is 7.37. The van der Waals surface area contributed by atoms with Crippen molar-refractivity contribution in [1.29, 1.82) is 0 Å². The maximum atomic E-state index is 11.9. The minimum Gasteiger partial charge on any atom is -0.480 e. The number of amides is 1. The fraction of sp³-hybridized carbons (Fsp3) is 0.867. The van der Waals surface area contributed by atoms with Crippen LogP contribution in [0.25, 0.3) is 0 Å². The van der Waals surface area contributed by atoms with Gasteiger partial charge in [0, 0.05) is 7.05 Å². The largest absolute Gasteiger partial charge is 0.480 e. The summed E-state index contributed by atoms with van der Waals surface area (Å²) in [5, 5.41) is 9.24. The summed E-state index contributed by atoms with van der Waals surface area (Å²) in [6, 6.07) is -0.813. The van der Waals surface area contributed by atoms with Gasteiger partial charge in [0.05, 0.1) is 0 Å². The van der Waals surface area contributed by atoms with Crippen LogP contribution in [0.3, 0.4) is 0 Å². The molecule has 0 aliphatic heterocycles. The zero-order valence-electron chi connectivity index (χ0n) is 13.4. The Morgan fingerprint density at radius 3 is 2.15 bits per heavy atom. The van der Waals surface area contributed by atoms with Gasteiger partial charge in [-0.2, -0.15) is 0 Å². The van der Waals surface area contributed by atoms with Crippen LogP contribution in [0.5, 0.6) is 0 Å². The molecule has 0 rings (SSSR count). The second-order valence-corrected chi connectivity index (χ2v) is 6.15. The minimum atomic E-state index is -0.978. The smallest absolute Gasteiger partial charge is 0.410 e. The lowest BCUT2D eigenvalue weighted by molar-refractivity contribution is -0.143. The van der Waals surface area contributed by atoms with Gasteiger partial charge in [-0.15, -0.1) is 0 Å². The van der Waals surface area contributed by atoms with Crippen LogP contribution in [-0.2, 0) is 9.53 Å². The van der Waals surface area contributed by atoms with E-state index in [-0.39, 0.29) is 0 Å². The molecule has 0 aliphatic rings. The Hall–Kier alpha value is -1.26. The van der Waals surface area contributed by atoms with Crippen molar-refractivity contribution in [3.63, 3.8) is 0 Å². The average molecular weight is 287 g/mol.